The highest BCUT2D eigenvalue weighted by Crippen LogP contribution is 2.28. The molecule has 0 bridgehead atoms. The van der Waals surface area contributed by atoms with Crippen LogP contribution < -0.4 is 5.73 Å². The fourth-order valence-electron chi connectivity index (χ4n) is 2.84. The number of halogens is 1. The van der Waals surface area contributed by atoms with Crippen molar-refractivity contribution in [2.75, 3.05) is 25.1 Å². The van der Waals surface area contributed by atoms with Gasteiger partial charge in [0.1, 0.15) is 0 Å². The number of aliphatic hydroxyl groups is 1. The molecule has 1 saturated heterocycles. The molecule has 0 aromatic carbocycles. The van der Waals surface area contributed by atoms with E-state index in [2.05, 4.69) is 15.1 Å². The van der Waals surface area contributed by atoms with E-state index < -0.39 is 11.0 Å². The van der Waals surface area contributed by atoms with Gasteiger partial charge in [0.15, 0.2) is 0 Å². The minimum atomic E-state index is -0.899. The van der Waals surface area contributed by atoms with Gasteiger partial charge in [-0.05, 0) is 25.0 Å². The quantitative estimate of drug-likeness (QED) is 0.668. The zero-order chi connectivity index (χ0) is 19.4. The first-order valence-electron chi connectivity index (χ1n) is 8.43. The van der Waals surface area contributed by atoms with Crippen LogP contribution in [0.1, 0.15) is 12.8 Å². The van der Waals surface area contributed by atoms with Gasteiger partial charge in [-0.25, -0.2) is 23.0 Å². The first kappa shape index (κ1) is 19.7. The Hall–Kier alpha value is -2.07. The van der Waals surface area contributed by atoms with E-state index in [0.29, 0.717) is 17.3 Å². The first-order valence-corrected chi connectivity index (χ1v) is 10.3. The molecule has 2 atom stereocenters. The van der Waals surface area contributed by atoms with Crippen molar-refractivity contribution in [2.45, 2.75) is 18.9 Å². The molecule has 2 unspecified atom stereocenters. The summed E-state index contributed by atoms with van der Waals surface area (Å²) >= 11 is 6.07. The maximum Gasteiger partial charge on any atom is 0.220 e. The van der Waals surface area contributed by atoms with Crippen molar-refractivity contribution >= 4 is 34.1 Å². The molecule has 4 rings (SSSR count). The van der Waals surface area contributed by atoms with E-state index in [1.54, 1.807) is 21.3 Å². The second kappa shape index (κ2) is 8.75. The highest BCUT2D eigenvalue weighted by atomic mass is 35.5. The molecule has 1 aliphatic heterocycles. The molecule has 0 amide bonds. The molecule has 10 heteroatoms. The number of β-amino-alcohol motifs (C(OH)–C–C–N with tert-alkyl or cyclic N) is 1. The SMILES string of the molecule is CS(=O)N1CCCC(O)C1.Nc1ncc(Cl)c(-c2cnn3ccccc23)n1. The molecule has 0 aliphatic carbocycles. The Morgan fingerprint density at radius 1 is 1.37 bits per heavy atom. The number of rotatable bonds is 2. The van der Waals surface area contributed by atoms with Crippen molar-refractivity contribution in [3.05, 3.63) is 41.8 Å². The lowest BCUT2D eigenvalue weighted by Gasteiger charge is -2.27. The Labute approximate surface area is 164 Å². The first-order chi connectivity index (χ1) is 13.0. The van der Waals surface area contributed by atoms with Crippen molar-refractivity contribution in [2.24, 2.45) is 0 Å². The van der Waals surface area contributed by atoms with Gasteiger partial charge in [-0.3, -0.25) is 0 Å². The van der Waals surface area contributed by atoms with Gasteiger partial charge in [-0.2, -0.15) is 5.10 Å². The number of nitrogens with two attached hydrogens (primary N) is 1. The highest BCUT2D eigenvalue weighted by Gasteiger charge is 2.19. The predicted molar refractivity (Wildman–Crippen MR) is 107 cm³/mol. The third-order valence-corrected chi connectivity index (χ3v) is 5.50. The molecule has 1 fully saturated rings. The third kappa shape index (κ3) is 4.81. The van der Waals surface area contributed by atoms with Crippen molar-refractivity contribution < 1.29 is 9.32 Å². The van der Waals surface area contributed by atoms with E-state index >= 15 is 0 Å². The number of anilines is 1. The number of hydrogen-bond acceptors (Lipinski definition) is 6. The number of fused-ring (bicyclic) bond motifs is 1. The summed E-state index contributed by atoms with van der Waals surface area (Å²) in [6.45, 7) is 1.43. The normalized spacial score (nSPS) is 18.7. The Kier molecular flexibility index (Phi) is 6.38. The van der Waals surface area contributed by atoms with E-state index in [4.69, 9.17) is 22.4 Å². The summed E-state index contributed by atoms with van der Waals surface area (Å²) in [5.41, 5.74) is 7.93. The number of pyridine rings is 1. The minimum Gasteiger partial charge on any atom is -0.392 e. The van der Waals surface area contributed by atoms with Crippen LogP contribution in [0.2, 0.25) is 5.02 Å². The van der Waals surface area contributed by atoms with Crippen LogP contribution in [0.5, 0.6) is 0 Å². The van der Waals surface area contributed by atoms with Crippen LogP contribution in [0.4, 0.5) is 5.95 Å². The lowest BCUT2D eigenvalue weighted by atomic mass is 10.1. The van der Waals surface area contributed by atoms with Crippen molar-refractivity contribution in [1.29, 1.82) is 0 Å². The largest absolute Gasteiger partial charge is 0.392 e. The predicted octanol–water partition coefficient (Wildman–Crippen LogP) is 1.76. The maximum absolute atomic E-state index is 10.9. The van der Waals surface area contributed by atoms with Gasteiger partial charge in [-0.15, -0.1) is 0 Å². The molecule has 1 aliphatic rings. The molecule has 0 spiro atoms. The van der Waals surface area contributed by atoms with Crippen molar-refractivity contribution in [3.8, 4) is 11.3 Å². The third-order valence-electron chi connectivity index (χ3n) is 4.17. The Balaban J connectivity index is 0.000000180. The molecule has 27 heavy (non-hydrogen) atoms. The summed E-state index contributed by atoms with van der Waals surface area (Å²) in [7, 11) is -0.899. The number of aliphatic hydroxyl groups excluding tert-OH is 1. The lowest BCUT2D eigenvalue weighted by Crippen LogP contribution is -2.38. The Morgan fingerprint density at radius 3 is 2.89 bits per heavy atom. The fourth-order valence-corrected chi connectivity index (χ4v) is 3.80. The van der Waals surface area contributed by atoms with Gasteiger partial charge in [0, 0.05) is 31.1 Å². The number of nitrogens with zero attached hydrogens (tertiary/aromatic N) is 5. The molecular weight excluding hydrogens is 388 g/mol. The topological polar surface area (TPSA) is 110 Å². The van der Waals surface area contributed by atoms with E-state index in [1.165, 1.54) is 6.20 Å². The molecule has 3 aromatic rings. The molecule has 4 heterocycles. The smallest absolute Gasteiger partial charge is 0.220 e. The monoisotopic (exact) mass is 408 g/mol. The maximum atomic E-state index is 10.9. The fraction of sp³-hybridized carbons (Fsp3) is 0.353. The van der Waals surface area contributed by atoms with Gasteiger partial charge in [0.05, 0.1) is 45.7 Å². The van der Waals surface area contributed by atoms with Crippen LogP contribution in [0.3, 0.4) is 0 Å². The summed E-state index contributed by atoms with van der Waals surface area (Å²) < 4.78 is 14.4. The lowest BCUT2D eigenvalue weighted by molar-refractivity contribution is 0.110. The van der Waals surface area contributed by atoms with Crippen molar-refractivity contribution in [1.82, 2.24) is 23.9 Å². The van der Waals surface area contributed by atoms with Gasteiger partial charge >= 0.3 is 0 Å². The van der Waals surface area contributed by atoms with E-state index in [1.807, 2.05) is 24.4 Å². The van der Waals surface area contributed by atoms with Gasteiger partial charge in [-0.1, -0.05) is 17.7 Å². The van der Waals surface area contributed by atoms with Crippen LogP contribution in [-0.4, -0.2) is 58.7 Å². The highest BCUT2D eigenvalue weighted by molar-refractivity contribution is 7.81. The number of aromatic nitrogens is 4. The van der Waals surface area contributed by atoms with Crippen LogP contribution in [-0.2, 0) is 11.0 Å². The molecule has 0 radical (unpaired) electrons. The minimum absolute atomic E-state index is 0.194. The Morgan fingerprint density at radius 2 is 2.19 bits per heavy atom. The van der Waals surface area contributed by atoms with Crippen LogP contribution >= 0.6 is 11.6 Å². The standard InChI is InChI=1S/C11H8ClN5.C6H13NO2S/c12-8-6-14-11(13)16-10(8)7-5-15-17-4-2-1-3-9(7)17;1-10(9)7-4-2-3-6(8)5-7/h1-6H,(H2,13,14,16);6,8H,2-5H2,1H3. The summed E-state index contributed by atoms with van der Waals surface area (Å²) in [6.07, 6.45) is 8.26. The zero-order valence-corrected chi connectivity index (χ0v) is 16.4. The van der Waals surface area contributed by atoms with Gasteiger partial charge in [0.2, 0.25) is 5.95 Å². The summed E-state index contributed by atoms with van der Waals surface area (Å²) in [4.78, 5) is 7.98. The van der Waals surface area contributed by atoms with E-state index in [0.717, 1.165) is 30.5 Å². The van der Waals surface area contributed by atoms with E-state index in [9.17, 15) is 4.21 Å². The van der Waals surface area contributed by atoms with Crippen molar-refractivity contribution in [3.63, 3.8) is 0 Å². The average molecular weight is 409 g/mol. The number of hydrogen-bond donors (Lipinski definition) is 2. The van der Waals surface area contributed by atoms with Crippen LogP contribution in [0, 0.1) is 0 Å². The second-order valence-corrected chi connectivity index (χ2v) is 7.89. The van der Waals surface area contributed by atoms with E-state index in [-0.39, 0.29) is 12.1 Å². The molecule has 3 aromatic heterocycles. The average Bonchev–Trinajstić information content (AvgIpc) is 3.08. The number of nitrogen functional groups attached to an aromatic ring is 1. The second-order valence-electron chi connectivity index (χ2n) is 6.12. The summed E-state index contributed by atoms with van der Waals surface area (Å²) in [5.74, 6) is 0.194. The number of piperidine rings is 1. The summed E-state index contributed by atoms with van der Waals surface area (Å²) in [5, 5.41) is 13.8. The molecule has 8 nitrogen and oxygen atoms in total. The zero-order valence-electron chi connectivity index (χ0n) is 14.8. The van der Waals surface area contributed by atoms with Crippen LogP contribution in [0.25, 0.3) is 16.8 Å². The van der Waals surface area contributed by atoms with Gasteiger partial charge < -0.3 is 10.8 Å². The molecule has 144 valence electrons. The molecular formula is C17H21ClN6O2S. The summed E-state index contributed by atoms with van der Waals surface area (Å²) in [6, 6.07) is 5.77. The Bertz CT molecular complexity index is 950. The van der Waals surface area contributed by atoms with Crippen LogP contribution in [0.15, 0.2) is 36.8 Å². The molecule has 0 saturated carbocycles. The molecule has 3 N–H and O–H groups in total. The van der Waals surface area contributed by atoms with Gasteiger partial charge in [0.25, 0.3) is 0 Å².